The van der Waals surface area contributed by atoms with Crippen molar-refractivity contribution in [1.29, 1.82) is 0 Å². The topological polar surface area (TPSA) is 75.6 Å². The fourth-order valence-corrected chi connectivity index (χ4v) is 2.07. The van der Waals surface area contributed by atoms with Crippen LogP contribution < -0.4 is 5.32 Å². The normalized spacial score (nSPS) is 12.0. The lowest BCUT2D eigenvalue weighted by molar-refractivity contribution is -0.139. The summed E-state index contributed by atoms with van der Waals surface area (Å²) in [6.45, 7) is 0.161. The van der Waals surface area contributed by atoms with E-state index in [-0.39, 0.29) is 18.9 Å². The molecule has 0 aliphatic heterocycles. The molecule has 1 amide bonds. The van der Waals surface area contributed by atoms with E-state index in [1.165, 1.54) is 7.11 Å². The fourth-order valence-electron chi connectivity index (χ4n) is 2.07. The number of ether oxygens (including phenoxy) is 1. The fraction of sp³-hybridized carbons (Fsp3) is 0.250. The van der Waals surface area contributed by atoms with Crippen LogP contribution in [0.5, 0.6) is 0 Å². The number of carbonyl (C=O) groups excluding carboxylic acids is 1. The molecule has 0 heterocycles. The number of aliphatic carboxylic acids is 1. The molecule has 0 radical (unpaired) electrons. The molecule has 0 bridgehead atoms. The SMILES string of the molecule is COC(CNC(=O)c1ccc2ccccc2c1)CC(=O)O. The van der Waals surface area contributed by atoms with E-state index in [1.807, 2.05) is 36.4 Å². The van der Waals surface area contributed by atoms with Gasteiger partial charge in [-0.15, -0.1) is 0 Å². The predicted octanol–water partition coefficient (Wildman–Crippen LogP) is 2.06. The number of methoxy groups -OCH3 is 1. The monoisotopic (exact) mass is 287 g/mol. The Kier molecular flexibility index (Phi) is 4.90. The minimum absolute atomic E-state index is 0.144. The predicted molar refractivity (Wildman–Crippen MR) is 79.3 cm³/mol. The largest absolute Gasteiger partial charge is 0.481 e. The van der Waals surface area contributed by atoms with Gasteiger partial charge in [-0.3, -0.25) is 9.59 Å². The molecular weight excluding hydrogens is 270 g/mol. The molecule has 0 fully saturated rings. The summed E-state index contributed by atoms with van der Waals surface area (Å²) in [7, 11) is 1.43. The highest BCUT2D eigenvalue weighted by atomic mass is 16.5. The smallest absolute Gasteiger partial charge is 0.306 e. The van der Waals surface area contributed by atoms with Gasteiger partial charge in [0.25, 0.3) is 5.91 Å². The number of hydrogen-bond acceptors (Lipinski definition) is 3. The van der Waals surface area contributed by atoms with Gasteiger partial charge in [0.15, 0.2) is 0 Å². The van der Waals surface area contributed by atoms with Crippen molar-refractivity contribution >= 4 is 22.6 Å². The van der Waals surface area contributed by atoms with E-state index in [4.69, 9.17) is 9.84 Å². The maximum atomic E-state index is 12.1. The van der Waals surface area contributed by atoms with Crippen molar-refractivity contribution < 1.29 is 19.4 Å². The number of fused-ring (bicyclic) bond motifs is 1. The number of carbonyl (C=O) groups is 2. The minimum Gasteiger partial charge on any atom is -0.481 e. The van der Waals surface area contributed by atoms with Crippen LogP contribution in [-0.2, 0) is 9.53 Å². The number of carboxylic acid groups (broad SMARTS) is 1. The van der Waals surface area contributed by atoms with E-state index in [0.29, 0.717) is 5.56 Å². The van der Waals surface area contributed by atoms with Crippen molar-refractivity contribution in [2.45, 2.75) is 12.5 Å². The van der Waals surface area contributed by atoms with Gasteiger partial charge >= 0.3 is 5.97 Å². The zero-order chi connectivity index (χ0) is 15.2. The Hall–Kier alpha value is -2.40. The Morgan fingerprint density at radius 2 is 1.90 bits per heavy atom. The standard InChI is InChI=1S/C16H17NO4/c1-21-14(9-15(18)19)10-17-16(20)13-7-6-11-4-2-3-5-12(11)8-13/h2-8,14H,9-10H2,1H3,(H,17,20)(H,18,19). The van der Waals surface area contributed by atoms with Crippen LogP contribution >= 0.6 is 0 Å². The van der Waals surface area contributed by atoms with Gasteiger partial charge in [-0.05, 0) is 22.9 Å². The summed E-state index contributed by atoms with van der Waals surface area (Å²) in [6, 6.07) is 13.2. The van der Waals surface area contributed by atoms with Gasteiger partial charge < -0.3 is 15.2 Å². The van der Waals surface area contributed by atoms with E-state index in [0.717, 1.165) is 10.8 Å². The molecule has 5 heteroatoms. The molecule has 2 N–H and O–H groups in total. The lowest BCUT2D eigenvalue weighted by Crippen LogP contribution is -2.34. The minimum atomic E-state index is -0.957. The third kappa shape index (κ3) is 4.03. The third-order valence-corrected chi connectivity index (χ3v) is 3.24. The van der Waals surface area contributed by atoms with Gasteiger partial charge in [0.2, 0.25) is 0 Å². The average Bonchev–Trinajstić information content (AvgIpc) is 2.50. The van der Waals surface area contributed by atoms with Gasteiger partial charge in [0.05, 0.1) is 12.5 Å². The van der Waals surface area contributed by atoms with Crippen molar-refractivity contribution in [2.75, 3.05) is 13.7 Å². The van der Waals surface area contributed by atoms with Crippen molar-refractivity contribution in [1.82, 2.24) is 5.32 Å². The van der Waals surface area contributed by atoms with Gasteiger partial charge in [-0.2, -0.15) is 0 Å². The molecule has 0 saturated heterocycles. The number of amides is 1. The highest BCUT2D eigenvalue weighted by Gasteiger charge is 2.14. The molecule has 2 aromatic rings. The Morgan fingerprint density at radius 3 is 2.57 bits per heavy atom. The zero-order valence-corrected chi connectivity index (χ0v) is 11.7. The Bertz CT molecular complexity index is 654. The lowest BCUT2D eigenvalue weighted by Gasteiger charge is -2.14. The summed E-state index contributed by atoms with van der Waals surface area (Å²) in [5.41, 5.74) is 0.541. The van der Waals surface area contributed by atoms with E-state index in [1.54, 1.807) is 6.07 Å². The Balaban J connectivity index is 2.03. The summed E-state index contributed by atoms with van der Waals surface area (Å²) in [4.78, 5) is 22.7. The van der Waals surface area contributed by atoms with Crippen LogP contribution in [0.15, 0.2) is 42.5 Å². The second-order valence-electron chi connectivity index (χ2n) is 4.73. The number of carboxylic acids is 1. The molecule has 2 rings (SSSR count). The van der Waals surface area contributed by atoms with Crippen molar-refractivity contribution in [2.24, 2.45) is 0 Å². The second-order valence-corrected chi connectivity index (χ2v) is 4.73. The first-order chi connectivity index (χ1) is 10.1. The van der Waals surface area contributed by atoms with Gasteiger partial charge in [0, 0.05) is 19.2 Å². The molecule has 0 saturated carbocycles. The number of nitrogens with one attached hydrogen (secondary N) is 1. The molecule has 21 heavy (non-hydrogen) atoms. The molecule has 0 spiro atoms. The molecular formula is C16H17NO4. The molecule has 0 aliphatic rings. The molecule has 5 nitrogen and oxygen atoms in total. The van der Waals surface area contributed by atoms with Crippen LogP contribution in [0.3, 0.4) is 0 Å². The Morgan fingerprint density at radius 1 is 1.19 bits per heavy atom. The second kappa shape index (κ2) is 6.85. The number of benzene rings is 2. The highest BCUT2D eigenvalue weighted by molar-refractivity contribution is 5.98. The van der Waals surface area contributed by atoms with Crippen LogP contribution in [0, 0.1) is 0 Å². The lowest BCUT2D eigenvalue weighted by atomic mass is 10.1. The van der Waals surface area contributed by atoms with Crippen LogP contribution in [-0.4, -0.2) is 36.7 Å². The summed E-state index contributed by atoms with van der Waals surface area (Å²) in [5.74, 6) is -1.20. The number of rotatable bonds is 6. The first-order valence-electron chi connectivity index (χ1n) is 6.61. The quantitative estimate of drug-likeness (QED) is 0.852. The van der Waals surface area contributed by atoms with Gasteiger partial charge in [-0.1, -0.05) is 30.3 Å². The first-order valence-corrected chi connectivity index (χ1v) is 6.61. The van der Waals surface area contributed by atoms with Crippen LogP contribution in [0.25, 0.3) is 10.8 Å². The summed E-state index contributed by atoms with van der Waals surface area (Å²) >= 11 is 0. The molecule has 0 aromatic heterocycles. The summed E-state index contributed by atoms with van der Waals surface area (Å²) in [5, 5.41) is 13.5. The van der Waals surface area contributed by atoms with E-state index >= 15 is 0 Å². The highest BCUT2D eigenvalue weighted by Crippen LogP contribution is 2.15. The van der Waals surface area contributed by atoms with Crippen LogP contribution in [0.2, 0.25) is 0 Å². The maximum absolute atomic E-state index is 12.1. The third-order valence-electron chi connectivity index (χ3n) is 3.24. The molecule has 2 aromatic carbocycles. The average molecular weight is 287 g/mol. The van der Waals surface area contributed by atoms with Crippen LogP contribution in [0.1, 0.15) is 16.8 Å². The van der Waals surface area contributed by atoms with Crippen molar-refractivity contribution in [3.63, 3.8) is 0 Å². The molecule has 110 valence electrons. The van der Waals surface area contributed by atoms with Crippen molar-refractivity contribution in [3.05, 3.63) is 48.0 Å². The Labute approximate surface area is 122 Å². The zero-order valence-electron chi connectivity index (χ0n) is 11.7. The summed E-state index contributed by atoms with van der Waals surface area (Å²) < 4.78 is 5.02. The molecule has 0 aliphatic carbocycles. The maximum Gasteiger partial charge on any atom is 0.306 e. The first kappa shape index (κ1) is 15.0. The van der Waals surface area contributed by atoms with Crippen molar-refractivity contribution in [3.8, 4) is 0 Å². The van der Waals surface area contributed by atoms with Crippen LogP contribution in [0.4, 0.5) is 0 Å². The summed E-state index contributed by atoms with van der Waals surface area (Å²) in [6.07, 6.45) is -0.680. The van der Waals surface area contributed by atoms with Gasteiger partial charge in [0.1, 0.15) is 0 Å². The van der Waals surface area contributed by atoms with E-state index in [9.17, 15) is 9.59 Å². The molecule has 1 unspecified atom stereocenters. The molecule has 1 atom stereocenters. The van der Waals surface area contributed by atoms with Gasteiger partial charge in [-0.25, -0.2) is 0 Å². The van der Waals surface area contributed by atoms with E-state index < -0.39 is 12.1 Å². The van der Waals surface area contributed by atoms with E-state index in [2.05, 4.69) is 5.32 Å². The number of hydrogen-bond donors (Lipinski definition) is 2.